The predicted molar refractivity (Wildman–Crippen MR) is 65.8 cm³/mol. The number of fused-ring (bicyclic) bond motifs is 1. The smallest absolute Gasteiger partial charge is 0.313 e. The Morgan fingerprint density at radius 2 is 2.06 bits per heavy atom. The fourth-order valence-corrected chi connectivity index (χ4v) is 1.76. The molecule has 1 aromatic heterocycles. The van der Waals surface area contributed by atoms with Crippen LogP contribution in [-0.4, -0.2) is 31.0 Å². The van der Waals surface area contributed by atoms with Crippen molar-refractivity contribution in [1.29, 1.82) is 0 Å². The number of aromatic nitrogens is 1. The number of methoxy groups -OCH3 is 2. The lowest BCUT2D eigenvalue weighted by atomic mass is 10.1. The third kappa shape index (κ3) is 2.20. The molecule has 0 aliphatic rings. The van der Waals surface area contributed by atoms with Crippen molar-refractivity contribution in [2.45, 2.75) is 6.42 Å². The number of esters is 1. The highest BCUT2D eigenvalue weighted by Gasteiger charge is 2.16. The second-order valence-corrected chi connectivity index (χ2v) is 3.79. The number of hydrogen-bond acceptors (Lipinski definition) is 4. The highest BCUT2D eigenvalue weighted by Crippen LogP contribution is 2.24. The number of carbonyl (C=O) groups is 2. The number of rotatable bonds is 4. The molecule has 0 spiro atoms. The van der Waals surface area contributed by atoms with Crippen LogP contribution < -0.4 is 4.74 Å². The zero-order chi connectivity index (χ0) is 13.1. The van der Waals surface area contributed by atoms with Crippen molar-refractivity contribution in [3.8, 4) is 5.75 Å². The second-order valence-electron chi connectivity index (χ2n) is 3.79. The molecule has 0 unspecified atom stereocenters. The molecule has 1 N–H and O–H groups in total. The number of aromatic amines is 1. The molecule has 5 nitrogen and oxygen atoms in total. The Morgan fingerprint density at radius 1 is 1.28 bits per heavy atom. The van der Waals surface area contributed by atoms with Crippen LogP contribution in [0.2, 0.25) is 0 Å². The second kappa shape index (κ2) is 4.91. The normalized spacial score (nSPS) is 10.3. The molecule has 0 amide bonds. The molecule has 0 radical (unpaired) electrons. The van der Waals surface area contributed by atoms with Crippen LogP contribution in [0, 0.1) is 0 Å². The molecule has 94 valence electrons. The van der Waals surface area contributed by atoms with E-state index in [1.54, 1.807) is 25.4 Å². The van der Waals surface area contributed by atoms with Crippen LogP contribution in [0.4, 0.5) is 0 Å². The van der Waals surface area contributed by atoms with Crippen LogP contribution in [0.1, 0.15) is 16.8 Å². The lowest BCUT2D eigenvalue weighted by Gasteiger charge is -2.01. The van der Waals surface area contributed by atoms with E-state index in [1.165, 1.54) is 7.11 Å². The van der Waals surface area contributed by atoms with Crippen molar-refractivity contribution < 1.29 is 19.1 Å². The molecule has 0 fully saturated rings. The maximum absolute atomic E-state index is 11.9. The van der Waals surface area contributed by atoms with Gasteiger partial charge in [0.05, 0.1) is 14.2 Å². The molecule has 0 aliphatic heterocycles. The number of ether oxygens (including phenoxy) is 2. The molecule has 1 aromatic carbocycles. The number of Topliss-reactive ketones (excluding diaryl/α,β-unsaturated/α-hetero) is 1. The first-order valence-electron chi connectivity index (χ1n) is 5.41. The van der Waals surface area contributed by atoms with Crippen LogP contribution in [0.25, 0.3) is 10.9 Å². The summed E-state index contributed by atoms with van der Waals surface area (Å²) in [6.07, 6.45) is 1.33. The third-order valence-electron chi connectivity index (χ3n) is 2.72. The zero-order valence-electron chi connectivity index (χ0n) is 10.1. The Hall–Kier alpha value is -2.30. The average Bonchev–Trinajstić information content (AvgIpc) is 2.81. The van der Waals surface area contributed by atoms with Gasteiger partial charge >= 0.3 is 5.97 Å². The van der Waals surface area contributed by atoms with Gasteiger partial charge in [-0.25, -0.2) is 0 Å². The highest BCUT2D eigenvalue weighted by atomic mass is 16.5. The van der Waals surface area contributed by atoms with Crippen molar-refractivity contribution in [2.75, 3.05) is 14.2 Å². The maximum Gasteiger partial charge on any atom is 0.313 e. The van der Waals surface area contributed by atoms with Gasteiger partial charge < -0.3 is 14.5 Å². The number of H-pyrrole nitrogens is 1. The van der Waals surface area contributed by atoms with E-state index in [1.807, 2.05) is 6.07 Å². The van der Waals surface area contributed by atoms with Crippen molar-refractivity contribution in [3.05, 3.63) is 30.0 Å². The molecule has 18 heavy (non-hydrogen) atoms. The quantitative estimate of drug-likeness (QED) is 0.509. The fraction of sp³-hybridized carbons (Fsp3) is 0.231. The van der Waals surface area contributed by atoms with Gasteiger partial charge in [0.15, 0.2) is 5.78 Å². The van der Waals surface area contributed by atoms with Crippen LogP contribution in [0.3, 0.4) is 0 Å². The van der Waals surface area contributed by atoms with Gasteiger partial charge in [0.1, 0.15) is 12.2 Å². The Bertz CT molecular complexity index is 600. The summed E-state index contributed by atoms with van der Waals surface area (Å²) in [5.41, 5.74) is 1.29. The van der Waals surface area contributed by atoms with Gasteiger partial charge in [0.25, 0.3) is 0 Å². The average molecular weight is 247 g/mol. The van der Waals surface area contributed by atoms with Crippen LogP contribution in [0.15, 0.2) is 24.4 Å². The van der Waals surface area contributed by atoms with E-state index in [-0.39, 0.29) is 12.2 Å². The minimum Gasteiger partial charge on any atom is -0.497 e. The summed E-state index contributed by atoms with van der Waals surface area (Å²) in [5.74, 6) is -0.159. The summed E-state index contributed by atoms with van der Waals surface area (Å²) in [7, 11) is 2.82. The molecule has 0 aliphatic carbocycles. The summed E-state index contributed by atoms with van der Waals surface area (Å²) >= 11 is 0. The number of benzene rings is 1. The minimum atomic E-state index is -0.544. The minimum absolute atomic E-state index is 0.263. The summed E-state index contributed by atoms with van der Waals surface area (Å²) < 4.78 is 9.59. The monoisotopic (exact) mass is 247 g/mol. The van der Waals surface area contributed by atoms with E-state index in [0.717, 1.165) is 10.9 Å². The molecule has 5 heteroatoms. The van der Waals surface area contributed by atoms with Gasteiger partial charge in [-0.2, -0.15) is 0 Å². The van der Waals surface area contributed by atoms with Gasteiger partial charge in [0, 0.05) is 22.7 Å². The third-order valence-corrected chi connectivity index (χ3v) is 2.72. The van der Waals surface area contributed by atoms with Crippen LogP contribution in [-0.2, 0) is 9.53 Å². The zero-order valence-corrected chi connectivity index (χ0v) is 10.1. The van der Waals surface area contributed by atoms with Gasteiger partial charge in [-0.3, -0.25) is 9.59 Å². The molecule has 0 atom stereocenters. The first-order valence-corrected chi connectivity index (χ1v) is 5.41. The van der Waals surface area contributed by atoms with E-state index in [2.05, 4.69) is 9.72 Å². The molecule has 0 saturated heterocycles. The van der Waals surface area contributed by atoms with Gasteiger partial charge in [-0.15, -0.1) is 0 Å². The number of carbonyl (C=O) groups excluding carboxylic acids is 2. The van der Waals surface area contributed by atoms with Crippen molar-refractivity contribution in [3.63, 3.8) is 0 Å². The number of nitrogens with one attached hydrogen (secondary N) is 1. The molecule has 2 rings (SSSR count). The van der Waals surface area contributed by atoms with E-state index in [0.29, 0.717) is 11.3 Å². The topological polar surface area (TPSA) is 68.4 Å². The Morgan fingerprint density at radius 3 is 2.72 bits per heavy atom. The molecule has 1 heterocycles. The molecule has 2 aromatic rings. The lowest BCUT2D eigenvalue weighted by molar-refractivity contribution is -0.139. The highest BCUT2D eigenvalue weighted by molar-refractivity contribution is 6.13. The van der Waals surface area contributed by atoms with Gasteiger partial charge in [0.2, 0.25) is 0 Å². The molecule has 0 saturated carbocycles. The van der Waals surface area contributed by atoms with Gasteiger partial charge in [-0.1, -0.05) is 0 Å². The van der Waals surface area contributed by atoms with Crippen molar-refractivity contribution in [1.82, 2.24) is 4.98 Å². The summed E-state index contributed by atoms with van der Waals surface area (Å²) in [6.45, 7) is 0. The fourth-order valence-electron chi connectivity index (χ4n) is 1.76. The van der Waals surface area contributed by atoms with Crippen molar-refractivity contribution in [2.24, 2.45) is 0 Å². The summed E-state index contributed by atoms with van der Waals surface area (Å²) in [4.78, 5) is 26.0. The lowest BCUT2D eigenvalue weighted by Crippen LogP contribution is -2.09. The van der Waals surface area contributed by atoms with Crippen molar-refractivity contribution >= 4 is 22.7 Å². The molecular formula is C13H13NO4. The molecular weight excluding hydrogens is 234 g/mol. The SMILES string of the molecule is COC(=O)CC(=O)c1c[nH]c2ccc(OC)cc12. The summed E-state index contributed by atoms with van der Waals surface area (Å²) in [6, 6.07) is 5.38. The van der Waals surface area contributed by atoms with E-state index in [4.69, 9.17) is 4.74 Å². The van der Waals surface area contributed by atoms with E-state index >= 15 is 0 Å². The number of ketones is 1. The Balaban J connectivity index is 2.38. The maximum atomic E-state index is 11.9. The standard InChI is InChI=1S/C13H13NO4/c1-17-8-3-4-11-9(5-8)10(7-14-11)12(15)6-13(16)18-2/h3-5,7,14H,6H2,1-2H3. The van der Waals surface area contributed by atoms with E-state index < -0.39 is 5.97 Å². The Labute approximate surface area is 104 Å². The molecule has 0 bridgehead atoms. The van der Waals surface area contributed by atoms with Gasteiger partial charge in [-0.05, 0) is 18.2 Å². The predicted octanol–water partition coefficient (Wildman–Crippen LogP) is 1.92. The van der Waals surface area contributed by atoms with Crippen LogP contribution >= 0.6 is 0 Å². The summed E-state index contributed by atoms with van der Waals surface area (Å²) in [5, 5.41) is 0.739. The largest absolute Gasteiger partial charge is 0.497 e. The first kappa shape index (κ1) is 12.2. The van der Waals surface area contributed by atoms with Crippen LogP contribution in [0.5, 0.6) is 5.75 Å². The number of hydrogen-bond donors (Lipinski definition) is 1. The first-order chi connectivity index (χ1) is 8.65. The van der Waals surface area contributed by atoms with E-state index in [9.17, 15) is 9.59 Å². The Kier molecular flexibility index (Phi) is 3.32.